The van der Waals surface area contributed by atoms with E-state index in [4.69, 9.17) is 5.73 Å². The highest BCUT2D eigenvalue weighted by Crippen LogP contribution is 2.20. The van der Waals surface area contributed by atoms with Crippen molar-refractivity contribution in [1.82, 2.24) is 4.98 Å². The molecule has 1 aromatic heterocycles. The van der Waals surface area contributed by atoms with Crippen LogP contribution in [0.2, 0.25) is 0 Å². The van der Waals surface area contributed by atoms with Crippen molar-refractivity contribution in [3.05, 3.63) is 36.5 Å². The van der Waals surface area contributed by atoms with E-state index in [9.17, 15) is 0 Å². The van der Waals surface area contributed by atoms with Gasteiger partial charge in [0, 0.05) is 18.1 Å². The fourth-order valence-corrected chi connectivity index (χ4v) is 1.91. The summed E-state index contributed by atoms with van der Waals surface area (Å²) >= 11 is 0. The third-order valence-corrected chi connectivity index (χ3v) is 2.85. The topological polar surface area (TPSA) is 50.9 Å². The Morgan fingerprint density at radius 2 is 1.94 bits per heavy atom. The van der Waals surface area contributed by atoms with Crippen molar-refractivity contribution < 1.29 is 0 Å². The first-order chi connectivity index (χ1) is 8.42. The van der Waals surface area contributed by atoms with Crippen molar-refractivity contribution in [3.63, 3.8) is 0 Å². The number of rotatable bonds is 6. The first kappa shape index (κ1) is 11.9. The van der Waals surface area contributed by atoms with Gasteiger partial charge < -0.3 is 11.1 Å². The zero-order chi connectivity index (χ0) is 11.9. The van der Waals surface area contributed by atoms with Crippen LogP contribution in [0.1, 0.15) is 19.3 Å². The first-order valence-corrected chi connectivity index (χ1v) is 6.19. The molecule has 0 amide bonds. The number of nitrogens with zero attached hydrogens (tertiary/aromatic N) is 1. The number of aromatic nitrogens is 1. The molecule has 2 aromatic rings. The maximum atomic E-state index is 5.46. The molecule has 3 nitrogen and oxygen atoms in total. The van der Waals surface area contributed by atoms with Gasteiger partial charge in [0.25, 0.3) is 0 Å². The Morgan fingerprint density at radius 3 is 2.82 bits per heavy atom. The average Bonchev–Trinajstić information content (AvgIpc) is 2.39. The van der Waals surface area contributed by atoms with Crippen LogP contribution in [0.5, 0.6) is 0 Å². The van der Waals surface area contributed by atoms with Gasteiger partial charge in [-0.05, 0) is 30.8 Å². The fourth-order valence-electron chi connectivity index (χ4n) is 1.91. The third-order valence-electron chi connectivity index (χ3n) is 2.85. The van der Waals surface area contributed by atoms with E-state index in [0.29, 0.717) is 0 Å². The van der Waals surface area contributed by atoms with Gasteiger partial charge in [-0.3, -0.25) is 0 Å². The Morgan fingerprint density at radius 1 is 1.06 bits per heavy atom. The number of hydrogen-bond donors (Lipinski definition) is 2. The lowest BCUT2D eigenvalue weighted by Crippen LogP contribution is -2.05. The Bertz CT molecular complexity index is 462. The van der Waals surface area contributed by atoms with Crippen molar-refractivity contribution in [1.29, 1.82) is 0 Å². The molecule has 0 aliphatic carbocycles. The summed E-state index contributed by atoms with van der Waals surface area (Å²) in [6.45, 7) is 1.74. The van der Waals surface area contributed by atoms with Crippen molar-refractivity contribution in [2.24, 2.45) is 5.73 Å². The Hall–Kier alpha value is -1.61. The van der Waals surface area contributed by atoms with E-state index in [2.05, 4.69) is 22.4 Å². The smallest absolute Gasteiger partial charge is 0.133 e. The number of fused-ring (bicyclic) bond motifs is 1. The largest absolute Gasteiger partial charge is 0.370 e. The molecule has 2 rings (SSSR count). The molecule has 3 heteroatoms. The summed E-state index contributed by atoms with van der Waals surface area (Å²) in [7, 11) is 0. The van der Waals surface area contributed by atoms with Crippen LogP contribution in [-0.2, 0) is 0 Å². The quantitative estimate of drug-likeness (QED) is 0.749. The zero-order valence-electron chi connectivity index (χ0n) is 10.0. The zero-order valence-corrected chi connectivity index (χ0v) is 10.0. The Kier molecular flexibility index (Phi) is 4.33. The number of benzene rings is 1. The lowest BCUT2D eigenvalue weighted by Gasteiger charge is -2.08. The van der Waals surface area contributed by atoms with Crippen molar-refractivity contribution in [2.75, 3.05) is 18.4 Å². The normalized spacial score (nSPS) is 10.6. The van der Waals surface area contributed by atoms with Crippen LogP contribution in [0.25, 0.3) is 10.8 Å². The standard InChI is InChI=1S/C14H19N3/c15-9-4-1-5-10-16-14-13-7-3-2-6-12(13)8-11-17-14/h2-3,6-8,11H,1,4-5,9-10,15H2,(H,16,17). The highest BCUT2D eigenvalue weighted by atomic mass is 15.0. The van der Waals surface area contributed by atoms with Crippen LogP contribution < -0.4 is 11.1 Å². The molecule has 0 saturated heterocycles. The summed E-state index contributed by atoms with van der Waals surface area (Å²) in [5.41, 5.74) is 5.46. The lowest BCUT2D eigenvalue weighted by atomic mass is 10.1. The molecular weight excluding hydrogens is 210 g/mol. The molecule has 17 heavy (non-hydrogen) atoms. The van der Waals surface area contributed by atoms with E-state index < -0.39 is 0 Å². The third kappa shape index (κ3) is 3.17. The fraction of sp³-hybridized carbons (Fsp3) is 0.357. The van der Waals surface area contributed by atoms with Gasteiger partial charge in [-0.25, -0.2) is 4.98 Å². The van der Waals surface area contributed by atoms with Gasteiger partial charge >= 0.3 is 0 Å². The minimum atomic E-state index is 0.784. The van der Waals surface area contributed by atoms with Gasteiger partial charge in [0.05, 0.1) is 0 Å². The molecule has 0 spiro atoms. The molecule has 0 saturated carbocycles. The minimum Gasteiger partial charge on any atom is -0.370 e. The van der Waals surface area contributed by atoms with Crippen LogP contribution in [0, 0.1) is 0 Å². The highest BCUT2D eigenvalue weighted by molar-refractivity contribution is 5.91. The Labute approximate surface area is 102 Å². The predicted octanol–water partition coefficient (Wildman–Crippen LogP) is 2.78. The maximum absolute atomic E-state index is 5.46. The second-order valence-corrected chi connectivity index (χ2v) is 4.16. The van der Waals surface area contributed by atoms with E-state index in [1.54, 1.807) is 0 Å². The van der Waals surface area contributed by atoms with Crippen LogP contribution >= 0.6 is 0 Å². The van der Waals surface area contributed by atoms with Gasteiger partial charge in [-0.15, -0.1) is 0 Å². The molecule has 0 aliphatic heterocycles. The number of hydrogen-bond acceptors (Lipinski definition) is 3. The van der Waals surface area contributed by atoms with E-state index >= 15 is 0 Å². The molecule has 3 N–H and O–H groups in total. The molecule has 0 fully saturated rings. The summed E-state index contributed by atoms with van der Waals surface area (Å²) < 4.78 is 0. The average molecular weight is 229 g/mol. The van der Waals surface area contributed by atoms with Gasteiger partial charge in [-0.1, -0.05) is 30.7 Å². The van der Waals surface area contributed by atoms with E-state index in [1.807, 2.05) is 24.4 Å². The highest BCUT2D eigenvalue weighted by Gasteiger charge is 1.99. The van der Waals surface area contributed by atoms with Gasteiger partial charge in [0.15, 0.2) is 0 Å². The number of pyridine rings is 1. The second-order valence-electron chi connectivity index (χ2n) is 4.16. The van der Waals surface area contributed by atoms with Crippen molar-refractivity contribution in [3.8, 4) is 0 Å². The second kappa shape index (κ2) is 6.21. The molecule has 0 atom stereocenters. The van der Waals surface area contributed by atoms with Crippen molar-refractivity contribution in [2.45, 2.75) is 19.3 Å². The summed E-state index contributed by atoms with van der Waals surface area (Å²) in [6, 6.07) is 10.3. The lowest BCUT2D eigenvalue weighted by molar-refractivity contribution is 0.706. The predicted molar refractivity (Wildman–Crippen MR) is 73.1 cm³/mol. The van der Waals surface area contributed by atoms with E-state index in [0.717, 1.165) is 31.7 Å². The number of unbranched alkanes of at least 4 members (excludes halogenated alkanes) is 2. The van der Waals surface area contributed by atoms with Gasteiger partial charge in [0.1, 0.15) is 5.82 Å². The van der Waals surface area contributed by atoms with Crippen LogP contribution in [0.15, 0.2) is 36.5 Å². The van der Waals surface area contributed by atoms with Crippen LogP contribution in [-0.4, -0.2) is 18.1 Å². The summed E-state index contributed by atoms with van der Waals surface area (Å²) in [5.74, 6) is 0.982. The van der Waals surface area contributed by atoms with E-state index in [1.165, 1.54) is 17.2 Å². The molecule has 90 valence electrons. The monoisotopic (exact) mass is 229 g/mol. The summed E-state index contributed by atoms with van der Waals surface area (Å²) in [6.07, 6.45) is 5.27. The van der Waals surface area contributed by atoms with Gasteiger partial charge in [-0.2, -0.15) is 0 Å². The van der Waals surface area contributed by atoms with E-state index in [-0.39, 0.29) is 0 Å². The number of anilines is 1. The molecule has 0 radical (unpaired) electrons. The first-order valence-electron chi connectivity index (χ1n) is 6.19. The summed E-state index contributed by atoms with van der Waals surface area (Å²) in [4.78, 5) is 4.39. The van der Waals surface area contributed by atoms with Crippen LogP contribution in [0.4, 0.5) is 5.82 Å². The molecule has 1 heterocycles. The van der Waals surface area contributed by atoms with Crippen LogP contribution in [0.3, 0.4) is 0 Å². The maximum Gasteiger partial charge on any atom is 0.133 e. The molecule has 0 unspecified atom stereocenters. The Balaban J connectivity index is 1.98. The molecule has 0 bridgehead atoms. The number of nitrogens with two attached hydrogens (primary N) is 1. The molecule has 0 aliphatic rings. The minimum absolute atomic E-state index is 0.784. The number of nitrogens with one attached hydrogen (secondary N) is 1. The molecular formula is C14H19N3. The van der Waals surface area contributed by atoms with Crippen molar-refractivity contribution >= 4 is 16.6 Å². The van der Waals surface area contributed by atoms with Gasteiger partial charge in [0.2, 0.25) is 0 Å². The SMILES string of the molecule is NCCCCCNc1nccc2ccccc12. The summed E-state index contributed by atoms with van der Waals surface area (Å²) in [5, 5.41) is 5.81. The molecule has 1 aromatic carbocycles.